The van der Waals surface area contributed by atoms with Crippen LogP contribution in [0.25, 0.3) is 32.8 Å². The highest BCUT2D eigenvalue weighted by molar-refractivity contribution is 6.10. The minimum absolute atomic E-state index is 0.140. The van der Waals surface area contributed by atoms with E-state index in [1.54, 1.807) is 6.20 Å². The molecule has 4 aromatic rings. The van der Waals surface area contributed by atoms with E-state index in [0.717, 1.165) is 44.8 Å². The fourth-order valence-corrected chi connectivity index (χ4v) is 5.03. The van der Waals surface area contributed by atoms with E-state index in [1.165, 1.54) is 0 Å². The zero-order chi connectivity index (χ0) is 24.7. The average molecular weight is 474 g/mol. The molecule has 0 bridgehead atoms. The maximum Gasteiger partial charge on any atom is 0.307 e. The molecule has 1 aliphatic heterocycles. The Morgan fingerprint density at radius 3 is 2.77 bits per heavy atom. The third-order valence-corrected chi connectivity index (χ3v) is 6.70. The first-order valence-electron chi connectivity index (χ1n) is 11.8. The number of pyridine rings is 1. The van der Waals surface area contributed by atoms with Gasteiger partial charge in [0.2, 0.25) is 0 Å². The van der Waals surface area contributed by atoms with E-state index in [4.69, 9.17) is 14.5 Å². The monoisotopic (exact) mass is 473 g/mol. The highest BCUT2D eigenvalue weighted by Gasteiger charge is 2.29. The molecule has 0 saturated heterocycles. The third kappa shape index (κ3) is 4.18. The van der Waals surface area contributed by atoms with Crippen molar-refractivity contribution in [3.8, 4) is 22.6 Å². The van der Waals surface area contributed by atoms with Crippen molar-refractivity contribution in [1.82, 2.24) is 4.98 Å². The number of alkyl halides is 1. The van der Waals surface area contributed by atoms with Crippen LogP contribution < -0.4 is 9.47 Å². The van der Waals surface area contributed by atoms with Gasteiger partial charge in [0.1, 0.15) is 17.1 Å². The molecule has 0 atom stereocenters. The molecular weight excluding hydrogens is 445 g/mol. The normalized spacial score (nSPS) is 13.1. The molecule has 180 valence electrons. The minimum Gasteiger partial charge on any atom is -0.492 e. The summed E-state index contributed by atoms with van der Waals surface area (Å²) in [7, 11) is 0. The van der Waals surface area contributed by atoms with Crippen LogP contribution in [0.3, 0.4) is 0 Å². The first-order valence-corrected chi connectivity index (χ1v) is 11.8. The molecule has 0 fully saturated rings. The Morgan fingerprint density at radius 2 is 2.00 bits per heavy atom. The van der Waals surface area contributed by atoms with Crippen LogP contribution in [0.2, 0.25) is 0 Å². The Bertz CT molecular complexity index is 1460. The number of carboxylic acid groups (broad SMARTS) is 1. The lowest BCUT2D eigenvalue weighted by Gasteiger charge is -2.30. The lowest BCUT2D eigenvalue weighted by molar-refractivity contribution is -0.136. The van der Waals surface area contributed by atoms with Crippen LogP contribution in [-0.2, 0) is 17.6 Å². The molecule has 5 nitrogen and oxygen atoms in total. The number of carboxylic acids is 1. The first kappa shape index (κ1) is 23.1. The second kappa shape index (κ2) is 8.84. The Hall–Kier alpha value is -3.67. The molecule has 1 aliphatic rings. The van der Waals surface area contributed by atoms with Crippen LogP contribution in [0.5, 0.6) is 11.5 Å². The number of carbonyl (C=O) groups is 1. The van der Waals surface area contributed by atoms with Crippen LogP contribution in [-0.4, -0.2) is 34.9 Å². The molecule has 35 heavy (non-hydrogen) atoms. The second-order valence-electron chi connectivity index (χ2n) is 9.68. The average Bonchev–Trinajstić information content (AvgIpc) is 2.80. The number of rotatable bonds is 7. The van der Waals surface area contributed by atoms with Crippen LogP contribution in [0.1, 0.15) is 37.0 Å². The molecule has 0 unspecified atom stereocenters. The molecule has 5 rings (SSSR count). The summed E-state index contributed by atoms with van der Waals surface area (Å²) < 4.78 is 25.9. The van der Waals surface area contributed by atoms with Gasteiger partial charge in [-0.15, -0.1) is 0 Å². The SMILES string of the molecule is Cc1cc2ccccc2c(-c2c(OC(C)(C)CCF)cc3c4c(ccnc24)CCO3)c1CC(=O)O. The molecule has 6 heteroatoms. The van der Waals surface area contributed by atoms with Crippen molar-refractivity contribution in [3.63, 3.8) is 0 Å². The number of aliphatic carboxylic acids is 1. The highest BCUT2D eigenvalue weighted by atomic mass is 19.1. The number of fused-ring (bicyclic) bond motifs is 1. The van der Waals surface area contributed by atoms with Crippen LogP contribution in [0.4, 0.5) is 4.39 Å². The van der Waals surface area contributed by atoms with E-state index >= 15 is 0 Å². The molecule has 0 radical (unpaired) electrons. The Balaban J connectivity index is 1.94. The van der Waals surface area contributed by atoms with Gasteiger partial charge in [0, 0.05) is 30.5 Å². The summed E-state index contributed by atoms with van der Waals surface area (Å²) in [6.07, 6.45) is 2.61. The summed E-state index contributed by atoms with van der Waals surface area (Å²) in [4.78, 5) is 16.7. The Morgan fingerprint density at radius 1 is 1.20 bits per heavy atom. The molecular formula is C29H28FNO4. The van der Waals surface area contributed by atoms with E-state index in [2.05, 4.69) is 0 Å². The molecule has 0 amide bonds. The zero-order valence-corrected chi connectivity index (χ0v) is 20.2. The zero-order valence-electron chi connectivity index (χ0n) is 20.2. The number of aryl methyl sites for hydroxylation is 1. The van der Waals surface area contributed by atoms with Crippen molar-refractivity contribution >= 4 is 27.6 Å². The number of hydrogen-bond acceptors (Lipinski definition) is 4. The fraction of sp³-hybridized carbons (Fsp3) is 0.310. The molecule has 1 N–H and O–H groups in total. The molecule has 0 saturated carbocycles. The van der Waals surface area contributed by atoms with E-state index in [-0.39, 0.29) is 12.8 Å². The topological polar surface area (TPSA) is 68.7 Å². The number of halogens is 1. The Kier molecular flexibility index (Phi) is 5.83. The lowest BCUT2D eigenvalue weighted by atomic mass is 9.86. The number of benzene rings is 3. The predicted molar refractivity (Wildman–Crippen MR) is 135 cm³/mol. The summed E-state index contributed by atoms with van der Waals surface area (Å²) >= 11 is 0. The summed E-state index contributed by atoms with van der Waals surface area (Å²) in [5, 5.41) is 12.6. The quantitative estimate of drug-likeness (QED) is 0.334. The number of hydrogen-bond donors (Lipinski definition) is 1. The van der Waals surface area contributed by atoms with E-state index in [9.17, 15) is 14.3 Å². The molecule has 0 aliphatic carbocycles. The molecule has 0 spiro atoms. The standard InChI is InChI=1S/C29H28FNO4/c1-17-14-19-6-4-5-7-20(19)26(21(17)15-24(32)33)27-23(35-29(2,3)10-11-30)16-22-25-18(9-13-34-22)8-12-31-28(25)27/h4-8,12,14,16H,9-11,13,15H2,1-3H3,(H,32,33). The second-order valence-corrected chi connectivity index (χ2v) is 9.68. The van der Waals surface area contributed by atoms with Gasteiger partial charge in [0.05, 0.1) is 30.8 Å². The van der Waals surface area contributed by atoms with Crippen LogP contribution >= 0.6 is 0 Å². The number of nitrogens with zero attached hydrogens (tertiary/aromatic N) is 1. The Labute approximate surface area is 203 Å². The smallest absolute Gasteiger partial charge is 0.307 e. The third-order valence-electron chi connectivity index (χ3n) is 6.70. The highest BCUT2D eigenvalue weighted by Crippen LogP contribution is 2.48. The van der Waals surface area contributed by atoms with Crippen molar-refractivity contribution in [2.45, 2.75) is 45.6 Å². The molecule has 2 heterocycles. The van der Waals surface area contributed by atoms with Crippen LogP contribution in [0, 0.1) is 6.92 Å². The lowest BCUT2D eigenvalue weighted by Crippen LogP contribution is -2.29. The van der Waals surface area contributed by atoms with E-state index < -0.39 is 18.2 Å². The maximum atomic E-state index is 13.4. The van der Waals surface area contributed by atoms with Crippen molar-refractivity contribution in [3.05, 3.63) is 65.4 Å². The van der Waals surface area contributed by atoms with Gasteiger partial charge in [0.25, 0.3) is 0 Å². The number of ether oxygens (including phenoxy) is 2. The van der Waals surface area contributed by atoms with Gasteiger partial charge in [0.15, 0.2) is 0 Å². The van der Waals surface area contributed by atoms with Gasteiger partial charge >= 0.3 is 5.97 Å². The van der Waals surface area contributed by atoms with E-state index in [1.807, 2.05) is 63.2 Å². The van der Waals surface area contributed by atoms with Gasteiger partial charge < -0.3 is 14.6 Å². The predicted octanol–water partition coefficient (Wildman–Crippen LogP) is 6.44. The van der Waals surface area contributed by atoms with Gasteiger partial charge in [-0.1, -0.05) is 30.3 Å². The van der Waals surface area contributed by atoms with E-state index in [0.29, 0.717) is 29.2 Å². The fourth-order valence-electron chi connectivity index (χ4n) is 5.03. The molecule has 1 aromatic heterocycles. The summed E-state index contributed by atoms with van der Waals surface area (Å²) in [6.45, 7) is 5.67. The molecule has 3 aromatic carbocycles. The van der Waals surface area contributed by atoms with Crippen molar-refractivity contribution in [1.29, 1.82) is 0 Å². The van der Waals surface area contributed by atoms with Gasteiger partial charge in [-0.05, 0) is 59.9 Å². The van der Waals surface area contributed by atoms with Crippen molar-refractivity contribution < 1.29 is 23.8 Å². The summed E-state index contributed by atoms with van der Waals surface area (Å²) in [5.74, 6) is 0.282. The minimum atomic E-state index is -0.913. The first-order chi connectivity index (χ1) is 16.8. The van der Waals surface area contributed by atoms with Crippen molar-refractivity contribution in [2.24, 2.45) is 0 Å². The van der Waals surface area contributed by atoms with Gasteiger partial charge in [-0.25, -0.2) is 0 Å². The largest absolute Gasteiger partial charge is 0.492 e. The van der Waals surface area contributed by atoms with Gasteiger partial charge in [-0.2, -0.15) is 0 Å². The maximum absolute atomic E-state index is 13.4. The summed E-state index contributed by atoms with van der Waals surface area (Å²) in [6, 6.07) is 13.8. The van der Waals surface area contributed by atoms with Gasteiger partial charge in [-0.3, -0.25) is 14.2 Å². The number of aromatic nitrogens is 1. The van der Waals surface area contributed by atoms with Crippen molar-refractivity contribution in [2.75, 3.05) is 13.3 Å². The van der Waals surface area contributed by atoms with Crippen LogP contribution in [0.15, 0.2) is 48.7 Å². The summed E-state index contributed by atoms with van der Waals surface area (Å²) in [5.41, 5.74) is 4.14.